The normalized spacial score (nSPS) is 16.5. The molecule has 0 aliphatic carbocycles. The van der Waals surface area contributed by atoms with E-state index in [1.165, 1.54) is 18.4 Å². The topological polar surface area (TPSA) is 84.4 Å². The van der Waals surface area contributed by atoms with E-state index in [2.05, 4.69) is 10.3 Å². The number of aromatic nitrogens is 2. The summed E-state index contributed by atoms with van der Waals surface area (Å²) in [6.07, 6.45) is 2.47. The number of fused-ring (bicyclic) bond motifs is 1. The second kappa shape index (κ2) is 8.04. The van der Waals surface area contributed by atoms with Gasteiger partial charge in [-0.2, -0.15) is 0 Å². The summed E-state index contributed by atoms with van der Waals surface area (Å²) in [5.41, 5.74) is 2.17. The molecule has 2 amide bonds. The average molecular weight is 396 g/mol. The second-order valence-corrected chi connectivity index (χ2v) is 7.56. The van der Waals surface area contributed by atoms with Crippen LogP contribution in [0.15, 0.2) is 41.9 Å². The van der Waals surface area contributed by atoms with Crippen molar-refractivity contribution in [3.63, 3.8) is 0 Å². The van der Waals surface area contributed by atoms with Crippen LogP contribution >= 0.6 is 11.3 Å². The van der Waals surface area contributed by atoms with Crippen LogP contribution in [-0.4, -0.2) is 53.5 Å². The van der Waals surface area contributed by atoms with Crippen molar-refractivity contribution < 1.29 is 14.3 Å². The Kier molecular flexibility index (Phi) is 5.31. The number of anilines is 1. The molecular weight excluding hydrogens is 376 g/mol. The lowest BCUT2D eigenvalue weighted by Gasteiger charge is -2.16. The van der Waals surface area contributed by atoms with E-state index in [0.717, 1.165) is 23.0 Å². The molecule has 1 saturated heterocycles. The third-order valence-electron chi connectivity index (χ3n) is 4.86. The molecule has 0 unspecified atom stereocenters. The van der Waals surface area contributed by atoms with Crippen LogP contribution in [0.1, 0.15) is 28.4 Å². The van der Waals surface area contributed by atoms with Gasteiger partial charge in [0.05, 0.1) is 11.1 Å². The first kappa shape index (κ1) is 18.5. The molecular formula is C20H20N4O3S. The van der Waals surface area contributed by atoms with Gasteiger partial charge in [-0.25, -0.2) is 4.98 Å². The van der Waals surface area contributed by atoms with E-state index in [0.29, 0.717) is 23.8 Å². The summed E-state index contributed by atoms with van der Waals surface area (Å²) < 4.78 is 4.95. The molecule has 1 aromatic carbocycles. The van der Waals surface area contributed by atoms with Crippen molar-refractivity contribution >= 4 is 39.2 Å². The summed E-state index contributed by atoms with van der Waals surface area (Å²) >= 11 is 1.37. The molecule has 3 heterocycles. The highest BCUT2D eigenvalue weighted by Gasteiger charge is 2.29. The lowest BCUT2D eigenvalue weighted by atomic mass is 9.99. The Bertz CT molecular complexity index is 1010. The smallest absolute Gasteiger partial charge is 0.258 e. The second-order valence-electron chi connectivity index (χ2n) is 6.66. The lowest BCUT2D eigenvalue weighted by molar-refractivity contribution is -0.134. The molecule has 1 N–H and O–H groups in total. The molecule has 0 saturated carbocycles. The van der Waals surface area contributed by atoms with E-state index in [4.69, 9.17) is 9.72 Å². The number of nitrogens with zero attached hydrogens (tertiary/aromatic N) is 3. The molecule has 144 valence electrons. The molecule has 1 aliphatic rings. The SMILES string of the molecule is COCC(=O)N1CC[C@@H](c2cc(C(=O)Nc3nccs3)c3ccccc3n2)C1. The van der Waals surface area contributed by atoms with E-state index in [1.54, 1.807) is 11.1 Å². The monoisotopic (exact) mass is 396 g/mol. The van der Waals surface area contributed by atoms with Gasteiger partial charge in [-0.3, -0.25) is 19.9 Å². The van der Waals surface area contributed by atoms with Crippen molar-refractivity contribution in [3.8, 4) is 0 Å². The van der Waals surface area contributed by atoms with Gasteiger partial charge in [-0.1, -0.05) is 18.2 Å². The Labute approximate surface area is 166 Å². The van der Waals surface area contributed by atoms with Gasteiger partial charge in [0.1, 0.15) is 6.61 Å². The van der Waals surface area contributed by atoms with Gasteiger partial charge in [0, 0.05) is 48.8 Å². The average Bonchev–Trinajstić information content (AvgIpc) is 3.39. The Morgan fingerprint density at radius 2 is 2.21 bits per heavy atom. The minimum atomic E-state index is -0.208. The number of ether oxygens (including phenoxy) is 1. The van der Waals surface area contributed by atoms with Crippen molar-refractivity contribution in [1.82, 2.24) is 14.9 Å². The number of pyridine rings is 1. The third-order valence-corrected chi connectivity index (χ3v) is 5.55. The maximum absolute atomic E-state index is 12.9. The lowest BCUT2D eigenvalue weighted by Crippen LogP contribution is -2.31. The van der Waals surface area contributed by atoms with Crippen LogP contribution in [-0.2, 0) is 9.53 Å². The fourth-order valence-corrected chi connectivity index (χ4v) is 4.01. The maximum Gasteiger partial charge on any atom is 0.258 e. The summed E-state index contributed by atoms with van der Waals surface area (Å²) in [7, 11) is 1.52. The maximum atomic E-state index is 12.9. The predicted molar refractivity (Wildman–Crippen MR) is 108 cm³/mol. The summed E-state index contributed by atoms with van der Waals surface area (Å²) in [6.45, 7) is 1.34. The van der Waals surface area contributed by atoms with E-state index in [9.17, 15) is 9.59 Å². The van der Waals surface area contributed by atoms with Gasteiger partial charge >= 0.3 is 0 Å². The first-order chi connectivity index (χ1) is 13.7. The Morgan fingerprint density at radius 3 is 3.00 bits per heavy atom. The molecule has 1 fully saturated rings. The Balaban J connectivity index is 1.65. The van der Waals surface area contributed by atoms with Crippen molar-refractivity contribution in [1.29, 1.82) is 0 Å². The van der Waals surface area contributed by atoms with Gasteiger partial charge < -0.3 is 9.64 Å². The zero-order valence-corrected chi connectivity index (χ0v) is 16.2. The molecule has 3 aromatic rings. The standard InChI is InChI=1S/C20H20N4O3S/c1-27-12-18(25)24-8-6-13(11-24)17-10-15(14-4-2-3-5-16(14)22-17)19(26)23-20-21-7-9-28-20/h2-5,7,9-10,13H,6,8,11-12H2,1H3,(H,21,23,26)/t13-/m1/s1. The van der Waals surface area contributed by atoms with E-state index in [-0.39, 0.29) is 24.3 Å². The molecule has 0 bridgehead atoms. The first-order valence-corrected chi connectivity index (χ1v) is 9.91. The van der Waals surface area contributed by atoms with Crippen LogP contribution in [0.25, 0.3) is 10.9 Å². The number of carbonyl (C=O) groups is 2. The number of nitrogens with one attached hydrogen (secondary N) is 1. The number of thiazole rings is 1. The molecule has 2 aromatic heterocycles. The minimum Gasteiger partial charge on any atom is -0.375 e. The molecule has 0 radical (unpaired) electrons. The van der Waals surface area contributed by atoms with E-state index >= 15 is 0 Å². The number of amides is 2. The minimum absolute atomic E-state index is 0.0208. The van der Waals surface area contributed by atoms with Crippen LogP contribution < -0.4 is 5.32 Å². The van der Waals surface area contributed by atoms with Crippen LogP contribution in [0.3, 0.4) is 0 Å². The number of likely N-dealkylation sites (tertiary alicyclic amines) is 1. The molecule has 7 nitrogen and oxygen atoms in total. The highest BCUT2D eigenvalue weighted by molar-refractivity contribution is 7.13. The zero-order chi connectivity index (χ0) is 19.5. The summed E-state index contributed by atoms with van der Waals surface area (Å²) in [5, 5.41) is 6.02. The van der Waals surface area contributed by atoms with Crippen LogP contribution in [0.2, 0.25) is 0 Å². The van der Waals surface area contributed by atoms with Crippen LogP contribution in [0, 0.1) is 0 Å². The predicted octanol–water partition coefficient (Wildman–Crippen LogP) is 2.91. The van der Waals surface area contributed by atoms with E-state index < -0.39 is 0 Å². The quantitative estimate of drug-likeness (QED) is 0.717. The third kappa shape index (κ3) is 3.74. The number of rotatable bonds is 5. The highest BCUT2D eigenvalue weighted by Crippen LogP contribution is 2.30. The number of hydrogen-bond donors (Lipinski definition) is 1. The fraction of sp³-hybridized carbons (Fsp3) is 0.300. The number of para-hydroxylation sites is 1. The van der Waals surface area contributed by atoms with Gasteiger partial charge in [0.15, 0.2) is 5.13 Å². The van der Waals surface area contributed by atoms with Crippen molar-refractivity contribution in [2.45, 2.75) is 12.3 Å². The van der Waals surface area contributed by atoms with Crippen molar-refractivity contribution in [2.75, 3.05) is 32.1 Å². The number of benzene rings is 1. The number of carbonyl (C=O) groups excluding carboxylic acids is 2. The first-order valence-electron chi connectivity index (χ1n) is 9.03. The molecule has 1 atom stereocenters. The summed E-state index contributed by atoms with van der Waals surface area (Å²) in [4.78, 5) is 35.7. The molecule has 0 spiro atoms. The van der Waals surface area contributed by atoms with Crippen LogP contribution in [0.5, 0.6) is 0 Å². The summed E-state index contributed by atoms with van der Waals surface area (Å²) in [5.74, 6) is -0.135. The van der Waals surface area contributed by atoms with Gasteiger partial charge in [-0.15, -0.1) is 11.3 Å². The number of methoxy groups -OCH3 is 1. The van der Waals surface area contributed by atoms with Gasteiger partial charge in [-0.05, 0) is 18.6 Å². The molecule has 4 rings (SSSR count). The molecule has 8 heteroatoms. The van der Waals surface area contributed by atoms with Crippen molar-refractivity contribution in [3.05, 3.63) is 53.2 Å². The van der Waals surface area contributed by atoms with Crippen molar-refractivity contribution in [2.24, 2.45) is 0 Å². The van der Waals surface area contributed by atoms with Gasteiger partial charge in [0.2, 0.25) is 5.91 Å². The molecule has 28 heavy (non-hydrogen) atoms. The fourth-order valence-electron chi connectivity index (χ4n) is 3.49. The molecule has 1 aliphatic heterocycles. The largest absolute Gasteiger partial charge is 0.375 e. The zero-order valence-electron chi connectivity index (χ0n) is 15.4. The summed E-state index contributed by atoms with van der Waals surface area (Å²) in [6, 6.07) is 9.45. The number of hydrogen-bond acceptors (Lipinski definition) is 6. The Hall–Kier alpha value is -2.84. The Morgan fingerprint density at radius 1 is 1.36 bits per heavy atom. The van der Waals surface area contributed by atoms with Crippen LogP contribution in [0.4, 0.5) is 5.13 Å². The van der Waals surface area contributed by atoms with E-state index in [1.807, 2.05) is 35.7 Å². The highest BCUT2D eigenvalue weighted by atomic mass is 32.1. The van der Waals surface area contributed by atoms with Gasteiger partial charge in [0.25, 0.3) is 5.91 Å².